The number of aromatic carboxylic acids is 1. The van der Waals surface area contributed by atoms with Crippen molar-refractivity contribution in [2.24, 2.45) is 0 Å². The highest BCUT2D eigenvalue weighted by molar-refractivity contribution is 7.84. The Morgan fingerprint density at radius 1 is 1.69 bits per heavy atom. The van der Waals surface area contributed by atoms with Gasteiger partial charge in [0.05, 0.1) is 12.0 Å². The molecule has 0 aliphatic rings. The number of carboxylic acid groups (broad SMARTS) is 1. The van der Waals surface area contributed by atoms with E-state index in [4.69, 9.17) is 9.52 Å². The highest BCUT2D eigenvalue weighted by Crippen LogP contribution is 2.12. The molecule has 5 heteroatoms. The van der Waals surface area contributed by atoms with Gasteiger partial charge in [0, 0.05) is 16.6 Å². The SMILES string of the molecule is CCS(=O)Cc1occc1C(=O)O. The monoisotopic (exact) mass is 202 g/mol. The van der Waals surface area contributed by atoms with Crippen LogP contribution in [0.4, 0.5) is 0 Å². The molecule has 0 saturated heterocycles. The van der Waals surface area contributed by atoms with Crippen molar-refractivity contribution in [1.82, 2.24) is 0 Å². The lowest BCUT2D eigenvalue weighted by molar-refractivity contribution is 0.0695. The zero-order valence-corrected chi connectivity index (χ0v) is 7.97. The van der Waals surface area contributed by atoms with Gasteiger partial charge in [0.1, 0.15) is 11.3 Å². The zero-order valence-electron chi connectivity index (χ0n) is 7.15. The second-order valence-corrected chi connectivity index (χ2v) is 4.18. The summed E-state index contributed by atoms with van der Waals surface area (Å²) in [6, 6.07) is 1.37. The van der Waals surface area contributed by atoms with Crippen LogP contribution in [0.2, 0.25) is 0 Å². The van der Waals surface area contributed by atoms with Crippen LogP contribution in [0.1, 0.15) is 23.0 Å². The lowest BCUT2D eigenvalue weighted by atomic mass is 10.3. The van der Waals surface area contributed by atoms with E-state index in [0.717, 1.165) is 0 Å². The molecule has 1 aromatic heterocycles. The number of hydrogen-bond donors (Lipinski definition) is 1. The molecule has 0 aromatic carbocycles. The van der Waals surface area contributed by atoms with Crippen LogP contribution in [0, 0.1) is 0 Å². The summed E-state index contributed by atoms with van der Waals surface area (Å²) in [5.41, 5.74) is 0.0989. The smallest absolute Gasteiger partial charge is 0.339 e. The molecule has 0 aliphatic heterocycles. The van der Waals surface area contributed by atoms with Crippen LogP contribution < -0.4 is 0 Å². The van der Waals surface area contributed by atoms with E-state index in [2.05, 4.69) is 0 Å². The summed E-state index contributed by atoms with van der Waals surface area (Å²) in [6.45, 7) is 1.78. The summed E-state index contributed by atoms with van der Waals surface area (Å²) >= 11 is 0. The van der Waals surface area contributed by atoms with E-state index in [1.54, 1.807) is 6.92 Å². The van der Waals surface area contributed by atoms with E-state index in [-0.39, 0.29) is 17.1 Å². The van der Waals surface area contributed by atoms with E-state index < -0.39 is 16.8 Å². The lowest BCUT2D eigenvalue weighted by Gasteiger charge is -1.96. The molecule has 1 unspecified atom stereocenters. The molecule has 0 saturated carbocycles. The van der Waals surface area contributed by atoms with Gasteiger partial charge in [-0.2, -0.15) is 0 Å². The number of furan rings is 1. The molecule has 0 aliphatic carbocycles. The molecule has 72 valence electrons. The standard InChI is InChI=1S/C8H10O4S/c1-2-13(11)5-7-6(8(9)10)3-4-12-7/h3-4H,2,5H2,1H3,(H,9,10). The van der Waals surface area contributed by atoms with Gasteiger partial charge in [0.2, 0.25) is 0 Å². The van der Waals surface area contributed by atoms with Gasteiger partial charge in [0.25, 0.3) is 0 Å². The van der Waals surface area contributed by atoms with Crippen LogP contribution in [0.3, 0.4) is 0 Å². The molecule has 1 rings (SSSR count). The molecule has 13 heavy (non-hydrogen) atoms. The minimum absolute atomic E-state index is 0.0989. The topological polar surface area (TPSA) is 67.5 Å². The van der Waals surface area contributed by atoms with Gasteiger partial charge in [-0.3, -0.25) is 4.21 Å². The predicted octanol–water partition coefficient (Wildman–Crippen LogP) is 1.25. The van der Waals surface area contributed by atoms with Crippen molar-refractivity contribution in [2.45, 2.75) is 12.7 Å². The molecular formula is C8H10O4S. The Labute approximate surface area is 78.0 Å². The van der Waals surface area contributed by atoms with Crippen molar-refractivity contribution < 1.29 is 18.5 Å². The maximum absolute atomic E-state index is 11.1. The van der Waals surface area contributed by atoms with Gasteiger partial charge in [-0.25, -0.2) is 4.79 Å². The van der Waals surface area contributed by atoms with E-state index in [9.17, 15) is 9.00 Å². The Bertz CT molecular complexity index is 329. The van der Waals surface area contributed by atoms with Crippen LogP contribution in [-0.2, 0) is 16.6 Å². The second kappa shape index (κ2) is 4.23. The molecule has 0 bridgehead atoms. The highest BCUT2D eigenvalue weighted by Gasteiger charge is 2.14. The molecule has 1 atom stereocenters. The Balaban J connectivity index is 2.82. The van der Waals surface area contributed by atoms with Gasteiger partial charge in [-0.05, 0) is 6.07 Å². The largest absolute Gasteiger partial charge is 0.478 e. The van der Waals surface area contributed by atoms with Gasteiger partial charge < -0.3 is 9.52 Å². The molecule has 1 heterocycles. The lowest BCUT2D eigenvalue weighted by Crippen LogP contribution is -2.03. The van der Waals surface area contributed by atoms with E-state index in [1.807, 2.05) is 0 Å². The van der Waals surface area contributed by atoms with Crippen molar-refractivity contribution in [3.8, 4) is 0 Å². The first-order chi connectivity index (χ1) is 6.15. The van der Waals surface area contributed by atoms with Gasteiger partial charge in [-0.1, -0.05) is 6.92 Å². The Kier molecular flexibility index (Phi) is 3.25. The molecule has 1 N–H and O–H groups in total. The van der Waals surface area contributed by atoms with E-state index in [1.165, 1.54) is 12.3 Å². The minimum Gasteiger partial charge on any atom is -0.478 e. The second-order valence-electron chi connectivity index (χ2n) is 2.44. The molecule has 0 spiro atoms. The van der Waals surface area contributed by atoms with Crippen LogP contribution in [-0.4, -0.2) is 21.0 Å². The van der Waals surface area contributed by atoms with Crippen LogP contribution in [0.25, 0.3) is 0 Å². The van der Waals surface area contributed by atoms with E-state index in [0.29, 0.717) is 5.75 Å². The average Bonchev–Trinajstić information content (AvgIpc) is 2.52. The average molecular weight is 202 g/mol. The molecule has 0 fully saturated rings. The first-order valence-corrected chi connectivity index (χ1v) is 5.28. The summed E-state index contributed by atoms with van der Waals surface area (Å²) in [6.07, 6.45) is 1.30. The zero-order chi connectivity index (χ0) is 9.84. The number of carbonyl (C=O) groups is 1. The summed E-state index contributed by atoms with van der Waals surface area (Å²) in [5.74, 6) is -0.0882. The first kappa shape index (κ1) is 9.98. The first-order valence-electron chi connectivity index (χ1n) is 3.79. The fourth-order valence-corrected chi connectivity index (χ4v) is 1.61. The normalized spacial score (nSPS) is 12.7. The fraction of sp³-hybridized carbons (Fsp3) is 0.375. The van der Waals surface area contributed by atoms with Crippen LogP contribution in [0.5, 0.6) is 0 Å². The minimum atomic E-state index is -1.04. The predicted molar refractivity (Wildman–Crippen MR) is 48.1 cm³/mol. The molecule has 1 aromatic rings. The highest BCUT2D eigenvalue weighted by atomic mass is 32.2. The number of rotatable bonds is 4. The van der Waals surface area contributed by atoms with Gasteiger partial charge in [0.15, 0.2) is 0 Å². The maximum atomic E-state index is 11.1. The third-order valence-corrected chi connectivity index (χ3v) is 2.82. The van der Waals surface area contributed by atoms with Gasteiger partial charge >= 0.3 is 5.97 Å². The van der Waals surface area contributed by atoms with Gasteiger partial charge in [-0.15, -0.1) is 0 Å². The number of carboxylic acids is 1. The van der Waals surface area contributed by atoms with E-state index >= 15 is 0 Å². The molecule has 0 radical (unpaired) electrons. The Hall–Kier alpha value is -1.10. The fourth-order valence-electron chi connectivity index (χ4n) is 0.891. The quantitative estimate of drug-likeness (QED) is 0.797. The third-order valence-electron chi connectivity index (χ3n) is 1.59. The molecular weight excluding hydrogens is 192 g/mol. The summed E-state index contributed by atoms with van der Waals surface area (Å²) in [7, 11) is -1.04. The summed E-state index contributed by atoms with van der Waals surface area (Å²) < 4.78 is 16.0. The molecule has 4 nitrogen and oxygen atoms in total. The van der Waals surface area contributed by atoms with Crippen molar-refractivity contribution in [1.29, 1.82) is 0 Å². The third kappa shape index (κ3) is 2.42. The Morgan fingerprint density at radius 3 is 2.92 bits per heavy atom. The van der Waals surface area contributed by atoms with Crippen molar-refractivity contribution in [3.63, 3.8) is 0 Å². The van der Waals surface area contributed by atoms with Crippen molar-refractivity contribution >= 4 is 16.8 Å². The maximum Gasteiger partial charge on any atom is 0.339 e. The van der Waals surface area contributed by atoms with Crippen molar-refractivity contribution in [3.05, 3.63) is 23.7 Å². The summed E-state index contributed by atoms with van der Waals surface area (Å²) in [4.78, 5) is 10.6. The number of hydrogen-bond acceptors (Lipinski definition) is 3. The van der Waals surface area contributed by atoms with Crippen LogP contribution >= 0.6 is 0 Å². The van der Waals surface area contributed by atoms with Crippen molar-refractivity contribution in [2.75, 3.05) is 5.75 Å². The molecule has 0 amide bonds. The summed E-state index contributed by atoms with van der Waals surface area (Å²) in [5, 5.41) is 8.68. The Morgan fingerprint density at radius 2 is 2.38 bits per heavy atom. The van der Waals surface area contributed by atoms with Crippen LogP contribution in [0.15, 0.2) is 16.7 Å².